The van der Waals surface area contributed by atoms with Crippen molar-refractivity contribution in [2.75, 3.05) is 55.7 Å². The van der Waals surface area contributed by atoms with E-state index in [1.807, 2.05) is 4.90 Å². The van der Waals surface area contributed by atoms with Crippen LogP contribution in [-0.4, -0.2) is 91.7 Å². The monoisotopic (exact) mass is 561 g/mol. The van der Waals surface area contributed by atoms with Gasteiger partial charge in [0.15, 0.2) is 15.7 Å². The molecule has 0 bridgehead atoms. The second-order valence-electron chi connectivity index (χ2n) is 9.79. The molecule has 1 aromatic heterocycles. The Bertz CT molecular complexity index is 1310. The van der Waals surface area contributed by atoms with E-state index < -0.39 is 15.1 Å². The zero-order valence-corrected chi connectivity index (χ0v) is 23.0. The van der Waals surface area contributed by atoms with Crippen molar-refractivity contribution >= 4 is 50.7 Å². The van der Waals surface area contributed by atoms with Crippen LogP contribution in [0.3, 0.4) is 0 Å². The minimum absolute atomic E-state index is 0.0146. The summed E-state index contributed by atoms with van der Waals surface area (Å²) in [5.41, 5.74) is 0.852. The molecule has 3 heterocycles. The first-order chi connectivity index (χ1) is 18.0. The van der Waals surface area contributed by atoms with E-state index >= 15 is 0 Å². The van der Waals surface area contributed by atoms with Gasteiger partial charge < -0.3 is 20.0 Å². The van der Waals surface area contributed by atoms with Crippen LogP contribution in [0.4, 0.5) is 11.5 Å². The third kappa shape index (κ3) is 6.63. The van der Waals surface area contributed by atoms with Crippen LogP contribution in [0.25, 0.3) is 0 Å². The molecule has 0 radical (unpaired) electrons. The molecular formula is C26H32ClN5O5S. The number of hydrogen-bond acceptors (Lipinski definition) is 7. The number of sulfone groups is 1. The summed E-state index contributed by atoms with van der Waals surface area (Å²) in [4.78, 5) is 47.2. The number of amides is 3. The zero-order chi connectivity index (χ0) is 27.4. The van der Waals surface area contributed by atoms with Gasteiger partial charge in [-0.3, -0.25) is 14.4 Å². The van der Waals surface area contributed by atoms with Crippen LogP contribution in [0.15, 0.2) is 42.6 Å². The van der Waals surface area contributed by atoms with Crippen molar-refractivity contribution in [1.29, 1.82) is 0 Å². The van der Waals surface area contributed by atoms with E-state index in [1.165, 1.54) is 13.2 Å². The summed E-state index contributed by atoms with van der Waals surface area (Å²) in [6.07, 6.45) is 3.40. The van der Waals surface area contributed by atoms with Gasteiger partial charge in [-0.15, -0.1) is 0 Å². The number of aromatic nitrogens is 1. The molecule has 2 fully saturated rings. The molecule has 2 aromatic rings. The highest BCUT2D eigenvalue weighted by atomic mass is 35.5. The van der Waals surface area contributed by atoms with Crippen molar-refractivity contribution in [1.82, 2.24) is 14.8 Å². The number of halogens is 1. The van der Waals surface area contributed by atoms with Crippen LogP contribution >= 0.6 is 11.6 Å². The lowest BCUT2D eigenvalue weighted by atomic mass is 9.92. The van der Waals surface area contributed by atoms with Crippen LogP contribution in [0.1, 0.15) is 30.1 Å². The minimum Gasteiger partial charge on any atom is -0.354 e. The predicted molar refractivity (Wildman–Crippen MR) is 146 cm³/mol. The fourth-order valence-corrected chi connectivity index (χ4v) is 6.64. The molecule has 2 unspecified atom stereocenters. The van der Waals surface area contributed by atoms with E-state index in [0.717, 1.165) is 0 Å². The van der Waals surface area contributed by atoms with Crippen molar-refractivity contribution in [2.24, 2.45) is 5.92 Å². The number of piperidine rings is 1. The Morgan fingerprint density at radius 2 is 1.76 bits per heavy atom. The summed E-state index contributed by atoms with van der Waals surface area (Å²) in [6.45, 7) is 4.02. The van der Waals surface area contributed by atoms with E-state index in [2.05, 4.69) is 10.3 Å². The SMILES string of the molecule is CC(=O)N1CCN(C(=O)CC2CCN(c3ncccc3NC(=O)c3cccc(Cl)c3)CC2S(C)(=O)=O)CC1. The number of hydrogen-bond donors (Lipinski definition) is 1. The van der Waals surface area contributed by atoms with Gasteiger partial charge in [-0.25, -0.2) is 13.4 Å². The molecule has 204 valence electrons. The molecule has 1 N–H and O–H groups in total. The zero-order valence-electron chi connectivity index (χ0n) is 21.5. The Balaban J connectivity index is 1.46. The Labute approximate surface area is 227 Å². The Hall–Kier alpha value is -3.18. The topological polar surface area (TPSA) is 120 Å². The molecule has 0 saturated carbocycles. The van der Waals surface area contributed by atoms with Crippen LogP contribution in [0, 0.1) is 5.92 Å². The van der Waals surface area contributed by atoms with Crippen LogP contribution in [-0.2, 0) is 19.4 Å². The number of pyridine rings is 1. The number of anilines is 2. The number of nitrogens with zero attached hydrogens (tertiary/aromatic N) is 4. The van der Waals surface area contributed by atoms with Crippen molar-refractivity contribution in [3.8, 4) is 0 Å². The Kier molecular flexibility index (Phi) is 8.57. The molecule has 1 aromatic carbocycles. The number of carbonyl (C=O) groups excluding carboxylic acids is 3. The van der Waals surface area contributed by atoms with Crippen LogP contribution < -0.4 is 10.2 Å². The van der Waals surface area contributed by atoms with E-state index in [4.69, 9.17) is 11.6 Å². The van der Waals surface area contributed by atoms with Gasteiger partial charge in [0, 0.05) is 75.7 Å². The summed E-state index contributed by atoms with van der Waals surface area (Å²) >= 11 is 6.02. The second-order valence-corrected chi connectivity index (χ2v) is 12.5. The lowest BCUT2D eigenvalue weighted by Gasteiger charge is -2.40. The van der Waals surface area contributed by atoms with Gasteiger partial charge in [-0.2, -0.15) is 0 Å². The fraction of sp³-hybridized carbons (Fsp3) is 0.462. The smallest absolute Gasteiger partial charge is 0.255 e. The molecule has 10 nitrogen and oxygen atoms in total. The van der Waals surface area contributed by atoms with Gasteiger partial charge >= 0.3 is 0 Å². The molecule has 38 heavy (non-hydrogen) atoms. The molecule has 0 spiro atoms. The number of rotatable bonds is 6. The van der Waals surface area contributed by atoms with Crippen molar-refractivity contribution < 1.29 is 22.8 Å². The number of nitrogens with one attached hydrogen (secondary N) is 1. The number of carbonyl (C=O) groups is 3. The van der Waals surface area contributed by atoms with Gasteiger partial charge in [-0.05, 0) is 42.7 Å². The lowest BCUT2D eigenvalue weighted by Crippen LogP contribution is -2.52. The quantitative estimate of drug-likeness (QED) is 0.574. The van der Waals surface area contributed by atoms with Gasteiger partial charge in [0.2, 0.25) is 11.8 Å². The van der Waals surface area contributed by atoms with E-state index in [0.29, 0.717) is 61.2 Å². The van der Waals surface area contributed by atoms with E-state index in [-0.39, 0.29) is 36.6 Å². The Morgan fingerprint density at radius 1 is 1.05 bits per heavy atom. The largest absolute Gasteiger partial charge is 0.354 e. The summed E-state index contributed by atoms with van der Waals surface area (Å²) < 4.78 is 25.7. The summed E-state index contributed by atoms with van der Waals surface area (Å²) in [5.74, 6) is -0.326. The first-order valence-electron chi connectivity index (χ1n) is 12.5. The summed E-state index contributed by atoms with van der Waals surface area (Å²) in [6, 6.07) is 10.0. The van der Waals surface area contributed by atoms with Gasteiger partial charge in [0.1, 0.15) is 0 Å². The first kappa shape index (κ1) is 27.8. The maximum Gasteiger partial charge on any atom is 0.255 e. The highest BCUT2D eigenvalue weighted by Crippen LogP contribution is 2.32. The maximum absolute atomic E-state index is 13.0. The average Bonchev–Trinajstić information content (AvgIpc) is 2.88. The molecule has 2 saturated heterocycles. The minimum atomic E-state index is -3.49. The van der Waals surface area contributed by atoms with E-state index in [1.54, 1.807) is 52.4 Å². The summed E-state index contributed by atoms with van der Waals surface area (Å²) in [7, 11) is -3.49. The molecular weight excluding hydrogens is 530 g/mol. The van der Waals surface area contributed by atoms with Crippen LogP contribution in [0.5, 0.6) is 0 Å². The summed E-state index contributed by atoms with van der Waals surface area (Å²) in [5, 5.41) is 2.54. The van der Waals surface area contributed by atoms with Gasteiger partial charge in [0.25, 0.3) is 5.91 Å². The lowest BCUT2D eigenvalue weighted by molar-refractivity contribution is -0.139. The van der Waals surface area contributed by atoms with Crippen LogP contribution in [0.2, 0.25) is 5.02 Å². The maximum atomic E-state index is 13.0. The van der Waals surface area contributed by atoms with Crippen molar-refractivity contribution in [3.63, 3.8) is 0 Å². The van der Waals surface area contributed by atoms with Crippen molar-refractivity contribution in [2.45, 2.75) is 25.0 Å². The molecule has 0 aliphatic carbocycles. The molecule has 3 amide bonds. The highest BCUT2D eigenvalue weighted by Gasteiger charge is 2.39. The Morgan fingerprint density at radius 3 is 2.42 bits per heavy atom. The van der Waals surface area contributed by atoms with Crippen molar-refractivity contribution in [3.05, 3.63) is 53.2 Å². The molecule has 2 aliphatic rings. The van der Waals surface area contributed by atoms with E-state index in [9.17, 15) is 22.8 Å². The number of benzene rings is 1. The standard InChI is InChI=1S/C26H32ClN5O5S/c1-18(33)30-11-13-31(14-12-30)24(34)16-19-8-10-32(17-23(19)38(2,36)37)25-22(7-4-9-28-25)29-26(35)20-5-3-6-21(27)15-20/h3-7,9,15,19,23H,8,10-14,16-17H2,1-2H3,(H,29,35). The first-order valence-corrected chi connectivity index (χ1v) is 14.8. The molecule has 2 atom stereocenters. The molecule has 12 heteroatoms. The third-order valence-electron chi connectivity index (χ3n) is 7.18. The predicted octanol–water partition coefficient (Wildman–Crippen LogP) is 2.31. The second kappa shape index (κ2) is 11.7. The van der Waals surface area contributed by atoms with Gasteiger partial charge in [0.05, 0.1) is 10.9 Å². The molecule has 4 rings (SSSR count). The average molecular weight is 562 g/mol. The normalized spacial score (nSPS) is 20.2. The highest BCUT2D eigenvalue weighted by molar-refractivity contribution is 7.91. The fourth-order valence-electron chi connectivity index (χ4n) is 5.07. The molecule has 2 aliphatic heterocycles. The third-order valence-corrected chi connectivity index (χ3v) is 9.05. The number of piperazine rings is 1. The van der Waals surface area contributed by atoms with Gasteiger partial charge in [-0.1, -0.05) is 17.7 Å².